The van der Waals surface area contributed by atoms with Crippen LogP contribution in [0.1, 0.15) is 0 Å². The first-order valence-electron chi connectivity index (χ1n) is 1.12. The summed E-state index contributed by atoms with van der Waals surface area (Å²) in [6.45, 7) is 0. The molecule has 0 bridgehead atoms. The van der Waals surface area contributed by atoms with Crippen LogP contribution >= 0.6 is 0 Å². The van der Waals surface area contributed by atoms with Gasteiger partial charge in [-0.15, -0.1) is 0 Å². The fourth-order valence-electron chi connectivity index (χ4n) is 0. The van der Waals surface area contributed by atoms with Crippen molar-refractivity contribution in [3.05, 3.63) is 16.0 Å². The molecule has 0 aliphatic carbocycles. The average Bonchev–Trinajstić information content (AvgIpc) is 1.69. The predicted molar refractivity (Wildman–Crippen MR) is 23.3 cm³/mol. The summed E-state index contributed by atoms with van der Waals surface area (Å²) in [5, 5.41) is 5.28. The maximum Gasteiger partial charge on any atom is -0.0594 e. The minimum Gasteiger partial charge on any atom is -0.373 e. The molecule has 0 aliphatic heterocycles. The third kappa shape index (κ3) is 118. The van der Waals surface area contributed by atoms with Crippen LogP contribution in [-0.4, -0.2) is 0 Å². The van der Waals surface area contributed by atoms with Crippen molar-refractivity contribution in [1.29, 1.82) is 0 Å². The second-order valence-electron chi connectivity index (χ2n) is 0.320. The van der Waals surface area contributed by atoms with Gasteiger partial charge in [0.2, 0.25) is 0 Å². The van der Waals surface area contributed by atoms with Crippen LogP contribution in [0.15, 0.2) is 10.4 Å². The van der Waals surface area contributed by atoms with E-state index in [-0.39, 0.29) is 0 Å². The maximum absolute atomic E-state index is 6.75. The van der Waals surface area contributed by atoms with E-state index in [0.29, 0.717) is 0 Å². The molecule has 0 rings (SSSR count). The molecule has 0 heterocycles. The lowest BCUT2D eigenvalue weighted by atomic mass is 12.6. The summed E-state index contributed by atoms with van der Waals surface area (Å²) in [5.74, 6) is 8.72. The van der Waals surface area contributed by atoms with E-state index in [1.54, 1.807) is 0 Å². The van der Waals surface area contributed by atoms with Gasteiger partial charge in [0.1, 0.15) is 0 Å². The zero-order chi connectivity index (χ0) is 6.12. The van der Waals surface area contributed by atoms with Gasteiger partial charge < -0.3 is 22.7 Å². The summed E-state index contributed by atoms with van der Waals surface area (Å²) in [7, 11) is 0. The molecule has 0 aromatic rings. The molecule has 40 valence electrons. The topological polar surface area (TPSA) is 135 Å². The first-order valence-corrected chi connectivity index (χ1v) is 1.12. The highest BCUT2D eigenvalue weighted by Gasteiger charge is 1.28. The van der Waals surface area contributed by atoms with E-state index < -0.39 is 0 Å². The van der Waals surface area contributed by atoms with Crippen molar-refractivity contribution in [1.82, 2.24) is 0 Å². The molecule has 0 saturated heterocycles. The van der Waals surface area contributed by atoms with Gasteiger partial charge in [0.15, 0.2) is 0 Å². The van der Waals surface area contributed by atoms with Crippen molar-refractivity contribution in [3.63, 3.8) is 0 Å². The quantitative estimate of drug-likeness (QED) is 0.147. The molecule has 0 atom stereocenters. The van der Waals surface area contributed by atoms with Gasteiger partial charge in [-0.25, -0.2) is 0 Å². The molecule has 0 saturated carbocycles. The largest absolute Gasteiger partial charge is 0.373 e. The Morgan fingerprint density at radius 2 is 1.29 bits per heavy atom. The van der Waals surface area contributed by atoms with Crippen LogP contribution in [0.3, 0.4) is 0 Å². The molecule has 0 radical (unpaired) electrons. The molecule has 0 unspecified atom stereocenters. The van der Waals surface area contributed by atoms with Gasteiger partial charge in [-0.05, 0) is 0 Å². The van der Waals surface area contributed by atoms with Crippen molar-refractivity contribution >= 4 is 0 Å². The lowest BCUT2D eigenvalue weighted by molar-refractivity contribution is 0.956. The smallest absolute Gasteiger partial charge is 0.0594 e. The van der Waals surface area contributed by atoms with E-state index in [1.165, 1.54) is 4.91 Å². The van der Waals surface area contributed by atoms with E-state index in [9.17, 15) is 0 Å². The van der Waals surface area contributed by atoms with Crippen LogP contribution in [0.4, 0.5) is 0 Å². The summed E-state index contributed by atoms with van der Waals surface area (Å²) in [4.78, 5) is 1.50. The Kier molecular flexibility index (Phi) is 31.7. The first kappa shape index (κ1) is 9.10. The van der Waals surface area contributed by atoms with E-state index in [2.05, 4.69) is 22.1 Å². The molecular weight excluding hydrogens is 98.0 g/mol. The van der Waals surface area contributed by atoms with Gasteiger partial charge in [-0.2, -0.15) is 0 Å². The molecule has 0 fully saturated rings. The van der Waals surface area contributed by atoms with Crippen LogP contribution in [0, 0.1) is 0 Å². The number of nitrogens with two attached hydrogens (primary N) is 2. The number of rotatable bonds is 0. The Morgan fingerprint density at radius 1 is 1.14 bits per heavy atom. The summed E-state index contributed by atoms with van der Waals surface area (Å²) in [6, 6.07) is 0. The molecule has 7 nitrogen and oxygen atoms in total. The van der Waals surface area contributed by atoms with E-state index in [1.807, 2.05) is 0 Å². The van der Waals surface area contributed by atoms with Crippen LogP contribution in [0.2, 0.25) is 0 Å². The summed E-state index contributed by atoms with van der Waals surface area (Å²) in [5.41, 5.74) is 13.5. The Labute approximate surface area is 39.4 Å². The van der Waals surface area contributed by atoms with Crippen LogP contribution in [0.25, 0.3) is 16.0 Å². The van der Waals surface area contributed by atoms with Gasteiger partial charge in [0.25, 0.3) is 0 Å². The number of hydrogen-bond acceptors (Lipinski definition) is 2. The van der Waals surface area contributed by atoms with Crippen molar-refractivity contribution in [2.24, 2.45) is 22.1 Å². The maximum atomic E-state index is 6.75. The molecule has 0 amide bonds. The standard InChI is InChI=1S/H4N4.N3/c1-3-4-2;1-3-2/h(H2,1,4)(H2,2,3);/q;-1. The molecular formula is H4N7-. The van der Waals surface area contributed by atoms with Crippen LogP contribution < -0.4 is 11.7 Å². The highest BCUT2D eigenvalue weighted by molar-refractivity contribution is 4.36. The van der Waals surface area contributed by atoms with Crippen molar-refractivity contribution in [2.45, 2.75) is 0 Å². The van der Waals surface area contributed by atoms with Crippen LogP contribution in [0.5, 0.6) is 0 Å². The third-order valence-electron chi connectivity index (χ3n) is 0.0667. The fourth-order valence-corrected chi connectivity index (χ4v) is 0. The van der Waals surface area contributed by atoms with Gasteiger partial charge in [-0.1, -0.05) is 10.4 Å². The van der Waals surface area contributed by atoms with Gasteiger partial charge in [0.05, 0.1) is 0 Å². The lowest BCUT2D eigenvalue weighted by Crippen LogP contribution is -1.80. The summed E-state index contributed by atoms with van der Waals surface area (Å²) in [6.07, 6.45) is 0. The number of hydrogen-bond donors (Lipinski definition) is 2. The Balaban J connectivity index is 0. The Hall–Kier alpha value is -1.49. The Morgan fingerprint density at radius 3 is 1.29 bits per heavy atom. The molecule has 7 heavy (non-hydrogen) atoms. The minimum absolute atomic E-state index is 1.50. The van der Waals surface area contributed by atoms with Crippen molar-refractivity contribution < 1.29 is 0 Å². The zero-order valence-electron chi connectivity index (χ0n) is 3.39. The van der Waals surface area contributed by atoms with E-state index in [0.717, 1.165) is 0 Å². The monoisotopic (exact) mass is 102 g/mol. The summed E-state index contributed by atoms with van der Waals surface area (Å²) >= 11 is 0. The van der Waals surface area contributed by atoms with Gasteiger partial charge in [0, 0.05) is 0 Å². The summed E-state index contributed by atoms with van der Waals surface area (Å²) < 4.78 is 0. The third-order valence-corrected chi connectivity index (χ3v) is 0.0667. The average molecular weight is 102 g/mol. The van der Waals surface area contributed by atoms with E-state index >= 15 is 0 Å². The minimum atomic E-state index is 1.50. The molecule has 7 heteroatoms. The second-order valence-corrected chi connectivity index (χ2v) is 0.320. The molecule has 0 aliphatic rings. The SMILES string of the molecule is NN=NN.[N-]=[N+]=[N-]. The van der Waals surface area contributed by atoms with Gasteiger partial charge >= 0.3 is 0 Å². The fraction of sp³-hybridized carbons (Fsp3) is 0. The number of nitrogens with zero attached hydrogens (tertiary/aromatic N) is 5. The predicted octanol–water partition coefficient (Wildman–Crippen LogP) is 0.0521. The Bertz CT molecular complexity index is 58.1. The normalized spacial score (nSPS) is 6.29. The van der Waals surface area contributed by atoms with Crippen molar-refractivity contribution in [2.75, 3.05) is 0 Å². The lowest BCUT2D eigenvalue weighted by Gasteiger charge is -1.56. The van der Waals surface area contributed by atoms with Gasteiger partial charge in [-0.3, -0.25) is 4.91 Å². The highest BCUT2D eigenvalue weighted by atomic mass is 15.4. The second kappa shape index (κ2) is 24.4. The molecule has 0 spiro atoms. The molecule has 4 N–H and O–H groups in total. The molecule has 0 aromatic carbocycles. The zero-order valence-corrected chi connectivity index (χ0v) is 3.39. The molecule has 0 aromatic heterocycles. The van der Waals surface area contributed by atoms with Crippen molar-refractivity contribution in [3.8, 4) is 0 Å². The first-order chi connectivity index (χ1) is 3.33. The van der Waals surface area contributed by atoms with Crippen LogP contribution in [-0.2, 0) is 0 Å². The van der Waals surface area contributed by atoms with E-state index in [4.69, 9.17) is 11.1 Å². The highest BCUT2D eigenvalue weighted by Crippen LogP contribution is 1.32.